The van der Waals surface area contributed by atoms with Crippen molar-refractivity contribution in [2.75, 3.05) is 12.3 Å². The Hall–Kier alpha value is 0.0500. The standard InChI is InChI=1S/C12H25NS/c1-7-11(3)14-9-10(2)8-13-12(4,5)6/h11,13H,2,7-9H2,1,3-6H3. The lowest BCUT2D eigenvalue weighted by Gasteiger charge is -2.21. The van der Waals surface area contributed by atoms with Gasteiger partial charge in [0.15, 0.2) is 0 Å². The van der Waals surface area contributed by atoms with Crippen LogP contribution in [0.2, 0.25) is 0 Å². The molecule has 2 heteroatoms. The van der Waals surface area contributed by atoms with Gasteiger partial charge in [0.2, 0.25) is 0 Å². The maximum Gasteiger partial charge on any atom is 0.0175 e. The van der Waals surface area contributed by atoms with Gasteiger partial charge < -0.3 is 5.32 Å². The summed E-state index contributed by atoms with van der Waals surface area (Å²) in [6, 6.07) is 0. The lowest BCUT2D eigenvalue weighted by molar-refractivity contribution is 0.445. The maximum atomic E-state index is 4.08. The van der Waals surface area contributed by atoms with Gasteiger partial charge in [-0.15, -0.1) is 0 Å². The van der Waals surface area contributed by atoms with E-state index in [4.69, 9.17) is 0 Å². The van der Waals surface area contributed by atoms with Crippen LogP contribution < -0.4 is 5.32 Å². The molecule has 0 aromatic carbocycles. The van der Waals surface area contributed by atoms with Gasteiger partial charge in [-0.1, -0.05) is 26.0 Å². The third kappa shape index (κ3) is 8.64. The predicted molar refractivity (Wildman–Crippen MR) is 69.1 cm³/mol. The van der Waals surface area contributed by atoms with Gasteiger partial charge in [-0.25, -0.2) is 0 Å². The molecule has 0 aromatic rings. The Bertz CT molecular complexity index is 170. The van der Waals surface area contributed by atoms with Crippen molar-refractivity contribution >= 4 is 11.8 Å². The molecule has 0 saturated carbocycles. The molecule has 0 aliphatic rings. The molecule has 0 rings (SSSR count). The summed E-state index contributed by atoms with van der Waals surface area (Å²) in [5, 5.41) is 4.20. The SMILES string of the molecule is C=C(CNC(C)(C)C)CSC(C)CC. The Morgan fingerprint density at radius 1 is 1.43 bits per heavy atom. The summed E-state index contributed by atoms with van der Waals surface area (Å²) in [4.78, 5) is 0. The largest absolute Gasteiger partial charge is 0.308 e. The highest BCUT2D eigenvalue weighted by Gasteiger charge is 2.09. The number of nitrogens with one attached hydrogen (secondary N) is 1. The van der Waals surface area contributed by atoms with Crippen LogP contribution in [0.25, 0.3) is 0 Å². The minimum absolute atomic E-state index is 0.198. The minimum atomic E-state index is 0.198. The van der Waals surface area contributed by atoms with Crippen molar-refractivity contribution in [1.82, 2.24) is 5.32 Å². The topological polar surface area (TPSA) is 12.0 Å². The third-order valence-corrected chi connectivity index (χ3v) is 3.49. The zero-order valence-corrected chi connectivity index (χ0v) is 11.1. The van der Waals surface area contributed by atoms with Crippen molar-refractivity contribution in [2.24, 2.45) is 0 Å². The van der Waals surface area contributed by atoms with E-state index in [2.05, 4.69) is 46.5 Å². The van der Waals surface area contributed by atoms with E-state index >= 15 is 0 Å². The molecule has 0 fully saturated rings. The average molecular weight is 215 g/mol. The Morgan fingerprint density at radius 2 is 2.00 bits per heavy atom. The van der Waals surface area contributed by atoms with Crippen LogP contribution in [-0.2, 0) is 0 Å². The summed E-state index contributed by atoms with van der Waals surface area (Å²) in [5.41, 5.74) is 1.49. The van der Waals surface area contributed by atoms with Crippen molar-refractivity contribution in [3.63, 3.8) is 0 Å². The van der Waals surface area contributed by atoms with Gasteiger partial charge in [0.05, 0.1) is 0 Å². The normalized spacial score (nSPS) is 14.1. The fourth-order valence-corrected chi connectivity index (χ4v) is 1.68. The van der Waals surface area contributed by atoms with Crippen molar-refractivity contribution in [2.45, 2.75) is 51.8 Å². The molecule has 0 aromatic heterocycles. The third-order valence-electron chi connectivity index (χ3n) is 2.02. The molecule has 1 unspecified atom stereocenters. The van der Waals surface area contributed by atoms with Crippen LogP contribution in [0, 0.1) is 0 Å². The van der Waals surface area contributed by atoms with Gasteiger partial charge in [-0.3, -0.25) is 0 Å². The van der Waals surface area contributed by atoms with Crippen molar-refractivity contribution in [3.8, 4) is 0 Å². The summed E-state index contributed by atoms with van der Waals surface area (Å²) in [6.07, 6.45) is 1.24. The second-order valence-corrected chi connectivity index (χ2v) is 6.31. The Kier molecular flexibility index (Phi) is 6.54. The van der Waals surface area contributed by atoms with Crippen LogP contribution >= 0.6 is 11.8 Å². The van der Waals surface area contributed by atoms with Crippen molar-refractivity contribution in [3.05, 3.63) is 12.2 Å². The lowest BCUT2D eigenvalue weighted by atomic mass is 10.1. The molecular weight excluding hydrogens is 190 g/mol. The molecule has 1 atom stereocenters. The maximum absolute atomic E-state index is 4.08. The molecule has 0 aliphatic heterocycles. The van der Waals surface area contributed by atoms with Crippen LogP contribution in [0.15, 0.2) is 12.2 Å². The first-order valence-corrected chi connectivity index (χ1v) is 6.43. The fourth-order valence-electron chi connectivity index (χ4n) is 0.819. The summed E-state index contributed by atoms with van der Waals surface area (Å²) < 4.78 is 0. The molecule has 0 spiro atoms. The molecular formula is C12H25NS. The zero-order valence-electron chi connectivity index (χ0n) is 10.3. The van der Waals surface area contributed by atoms with Gasteiger partial charge >= 0.3 is 0 Å². The van der Waals surface area contributed by atoms with Crippen LogP contribution in [0.3, 0.4) is 0 Å². The second-order valence-electron chi connectivity index (χ2n) is 4.88. The molecule has 0 aliphatic carbocycles. The molecule has 1 N–H and O–H groups in total. The molecule has 0 amide bonds. The van der Waals surface area contributed by atoms with Crippen LogP contribution in [0.1, 0.15) is 41.0 Å². The van der Waals surface area contributed by atoms with E-state index in [1.54, 1.807) is 0 Å². The van der Waals surface area contributed by atoms with Gasteiger partial charge in [-0.05, 0) is 27.2 Å². The molecule has 84 valence electrons. The first-order chi connectivity index (χ1) is 6.35. The number of thioether (sulfide) groups is 1. The van der Waals surface area contributed by atoms with Crippen LogP contribution in [0.5, 0.6) is 0 Å². The molecule has 0 saturated heterocycles. The van der Waals surface area contributed by atoms with E-state index in [0.717, 1.165) is 17.5 Å². The molecule has 0 heterocycles. The van der Waals surface area contributed by atoms with E-state index in [1.165, 1.54) is 12.0 Å². The van der Waals surface area contributed by atoms with E-state index in [1.807, 2.05) is 11.8 Å². The summed E-state index contributed by atoms with van der Waals surface area (Å²) in [7, 11) is 0. The monoisotopic (exact) mass is 215 g/mol. The lowest BCUT2D eigenvalue weighted by Crippen LogP contribution is -2.37. The van der Waals surface area contributed by atoms with E-state index in [-0.39, 0.29) is 5.54 Å². The zero-order chi connectivity index (χ0) is 11.2. The highest BCUT2D eigenvalue weighted by Crippen LogP contribution is 2.16. The smallest absolute Gasteiger partial charge is 0.0175 e. The Morgan fingerprint density at radius 3 is 2.43 bits per heavy atom. The minimum Gasteiger partial charge on any atom is -0.308 e. The quantitative estimate of drug-likeness (QED) is 0.681. The van der Waals surface area contributed by atoms with Gasteiger partial charge in [0, 0.05) is 23.1 Å². The molecule has 0 radical (unpaired) electrons. The number of rotatable bonds is 6. The predicted octanol–water partition coefficient (Wildman–Crippen LogP) is 3.46. The van der Waals surface area contributed by atoms with Gasteiger partial charge in [0.1, 0.15) is 0 Å². The molecule has 14 heavy (non-hydrogen) atoms. The molecule has 1 nitrogen and oxygen atoms in total. The average Bonchev–Trinajstić information content (AvgIpc) is 2.09. The Labute approximate surface area is 93.7 Å². The van der Waals surface area contributed by atoms with E-state index < -0.39 is 0 Å². The highest BCUT2D eigenvalue weighted by atomic mass is 32.2. The summed E-state index contributed by atoms with van der Waals surface area (Å²) in [5.74, 6) is 1.08. The van der Waals surface area contributed by atoms with Gasteiger partial charge in [-0.2, -0.15) is 11.8 Å². The van der Waals surface area contributed by atoms with Gasteiger partial charge in [0.25, 0.3) is 0 Å². The van der Waals surface area contributed by atoms with E-state index in [0.29, 0.717) is 0 Å². The second kappa shape index (κ2) is 6.52. The Balaban J connectivity index is 3.57. The summed E-state index contributed by atoms with van der Waals surface area (Å²) in [6.45, 7) is 16.1. The first-order valence-electron chi connectivity index (χ1n) is 5.38. The van der Waals surface area contributed by atoms with Crippen LogP contribution in [0.4, 0.5) is 0 Å². The number of hydrogen-bond donors (Lipinski definition) is 1. The van der Waals surface area contributed by atoms with Crippen molar-refractivity contribution < 1.29 is 0 Å². The highest BCUT2D eigenvalue weighted by molar-refractivity contribution is 8.00. The van der Waals surface area contributed by atoms with Crippen molar-refractivity contribution in [1.29, 1.82) is 0 Å². The number of hydrogen-bond acceptors (Lipinski definition) is 2. The fraction of sp³-hybridized carbons (Fsp3) is 0.833. The summed E-state index contributed by atoms with van der Waals surface area (Å²) >= 11 is 2.00. The van der Waals surface area contributed by atoms with E-state index in [9.17, 15) is 0 Å². The first kappa shape index (κ1) is 14.1. The molecule has 0 bridgehead atoms. The van der Waals surface area contributed by atoms with Crippen LogP contribution in [-0.4, -0.2) is 23.1 Å².